The summed E-state index contributed by atoms with van der Waals surface area (Å²) < 4.78 is 0. The van der Waals surface area contributed by atoms with Gasteiger partial charge in [0.25, 0.3) is 0 Å². The van der Waals surface area contributed by atoms with E-state index in [2.05, 4.69) is 19.1 Å². The summed E-state index contributed by atoms with van der Waals surface area (Å²) in [6, 6.07) is 29.4. The molecule has 0 aromatic heterocycles. The van der Waals surface area contributed by atoms with E-state index in [-0.39, 0.29) is 23.0 Å². The molecule has 0 aliphatic carbocycles. The van der Waals surface area contributed by atoms with E-state index >= 15 is 0 Å². The number of aromatic hydroxyl groups is 4. The Balaban J connectivity index is 1.70. The quantitative estimate of drug-likeness (QED) is 0.152. The predicted molar refractivity (Wildman–Crippen MR) is 169 cm³/mol. The first kappa shape index (κ1) is 28.8. The van der Waals surface area contributed by atoms with Crippen LogP contribution in [0.15, 0.2) is 91.0 Å². The van der Waals surface area contributed by atoms with Crippen LogP contribution < -0.4 is 0 Å². The molecular weight excluding hydrogens is 520 g/mol. The van der Waals surface area contributed by atoms with Gasteiger partial charge in [0.05, 0.1) is 0 Å². The lowest BCUT2D eigenvalue weighted by molar-refractivity contribution is 0.459. The highest BCUT2D eigenvalue weighted by Crippen LogP contribution is 2.44. The maximum Gasteiger partial charge on any atom is 0.122 e. The molecule has 0 unspecified atom stereocenters. The SMILES string of the molecule is Cc1ccc(O)c(Cc2cc(C(C)(c3ccccc3)c3cc(C)c(O)c(Cc4cc(C)ccc4O)c3)cc(C)c2O)c1. The molecule has 0 saturated heterocycles. The number of hydrogen-bond donors (Lipinski definition) is 4. The van der Waals surface area contributed by atoms with E-state index in [1.54, 1.807) is 12.1 Å². The van der Waals surface area contributed by atoms with Crippen molar-refractivity contribution in [2.24, 2.45) is 0 Å². The Morgan fingerprint density at radius 3 is 1.33 bits per heavy atom. The van der Waals surface area contributed by atoms with Crippen LogP contribution in [-0.4, -0.2) is 20.4 Å². The van der Waals surface area contributed by atoms with Crippen molar-refractivity contribution in [2.45, 2.75) is 52.9 Å². The first-order valence-electron chi connectivity index (χ1n) is 14.3. The van der Waals surface area contributed by atoms with Gasteiger partial charge in [-0.15, -0.1) is 0 Å². The fourth-order valence-electron chi connectivity index (χ4n) is 5.95. The number of rotatable bonds is 7. The van der Waals surface area contributed by atoms with E-state index in [0.717, 1.165) is 61.2 Å². The molecule has 4 nitrogen and oxygen atoms in total. The average molecular weight is 559 g/mol. The molecule has 0 saturated carbocycles. The molecule has 0 spiro atoms. The van der Waals surface area contributed by atoms with Crippen LogP contribution in [0.25, 0.3) is 0 Å². The molecule has 214 valence electrons. The normalized spacial score (nSPS) is 11.5. The van der Waals surface area contributed by atoms with E-state index < -0.39 is 5.41 Å². The van der Waals surface area contributed by atoms with Crippen LogP contribution in [0, 0.1) is 27.7 Å². The molecule has 0 bridgehead atoms. The monoisotopic (exact) mass is 558 g/mol. The Bertz CT molecular complexity index is 1660. The number of aryl methyl sites for hydroxylation is 4. The zero-order valence-electron chi connectivity index (χ0n) is 24.9. The Morgan fingerprint density at radius 2 is 0.905 bits per heavy atom. The second-order valence-corrected chi connectivity index (χ2v) is 11.7. The molecule has 0 aliphatic heterocycles. The Kier molecular flexibility index (Phi) is 7.74. The third-order valence-corrected chi connectivity index (χ3v) is 8.50. The van der Waals surface area contributed by atoms with Crippen LogP contribution in [0.1, 0.15) is 68.1 Å². The van der Waals surface area contributed by atoms with Gasteiger partial charge in [0.15, 0.2) is 0 Å². The highest BCUT2D eigenvalue weighted by molar-refractivity contribution is 5.59. The molecule has 5 aromatic carbocycles. The Hall–Kier alpha value is -4.70. The zero-order valence-corrected chi connectivity index (χ0v) is 24.9. The summed E-state index contributed by atoms with van der Waals surface area (Å²) in [7, 11) is 0. The third-order valence-electron chi connectivity index (χ3n) is 8.50. The number of benzene rings is 5. The molecule has 0 atom stereocenters. The molecule has 42 heavy (non-hydrogen) atoms. The van der Waals surface area contributed by atoms with Crippen LogP contribution in [0.5, 0.6) is 23.0 Å². The van der Waals surface area contributed by atoms with E-state index in [0.29, 0.717) is 12.8 Å². The molecular formula is C38H38O4. The second-order valence-electron chi connectivity index (χ2n) is 11.7. The predicted octanol–water partition coefficient (Wildman–Crippen LogP) is 8.28. The molecule has 5 rings (SSSR count). The zero-order chi connectivity index (χ0) is 30.2. The summed E-state index contributed by atoms with van der Waals surface area (Å²) >= 11 is 0. The minimum absolute atomic E-state index is 0.201. The Labute approximate surface area is 248 Å². The van der Waals surface area contributed by atoms with Crippen LogP contribution in [0.2, 0.25) is 0 Å². The molecule has 5 aromatic rings. The molecule has 0 radical (unpaired) electrons. The number of hydrogen-bond acceptors (Lipinski definition) is 4. The van der Waals surface area contributed by atoms with E-state index in [1.165, 1.54) is 0 Å². The summed E-state index contributed by atoms with van der Waals surface area (Å²) in [6.45, 7) is 9.94. The minimum Gasteiger partial charge on any atom is -0.508 e. The molecule has 0 fully saturated rings. The van der Waals surface area contributed by atoms with Crippen molar-refractivity contribution in [3.8, 4) is 23.0 Å². The van der Waals surface area contributed by atoms with Crippen LogP contribution in [0.3, 0.4) is 0 Å². The van der Waals surface area contributed by atoms with Gasteiger partial charge in [-0.1, -0.05) is 90.0 Å². The van der Waals surface area contributed by atoms with Crippen LogP contribution in [-0.2, 0) is 18.3 Å². The molecule has 4 N–H and O–H groups in total. The van der Waals surface area contributed by atoms with Crippen molar-refractivity contribution in [1.29, 1.82) is 0 Å². The largest absolute Gasteiger partial charge is 0.508 e. The van der Waals surface area contributed by atoms with E-state index in [4.69, 9.17) is 0 Å². The molecule has 4 heteroatoms. The minimum atomic E-state index is -0.648. The fourth-order valence-corrected chi connectivity index (χ4v) is 5.95. The first-order chi connectivity index (χ1) is 20.0. The van der Waals surface area contributed by atoms with Gasteiger partial charge in [-0.3, -0.25) is 0 Å². The third kappa shape index (κ3) is 5.45. The molecule has 0 aliphatic rings. The summed E-state index contributed by atoms with van der Waals surface area (Å²) in [5.41, 5.74) is 8.93. The summed E-state index contributed by atoms with van der Waals surface area (Å²) in [5, 5.41) is 43.4. The summed E-state index contributed by atoms with van der Waals surface area (Å²) in [6.07, 6.45) is 0.761. The lowest BCUT2D eigenvalue weighted by Crippen LogP contribution is -2.26. The van der Waals surface area contributed by atoms with Gasteiger partial charge < -0.3 is 20.4 Å². The van der Waals surface area contributed by atoms with Crippen molar-refractivity contribution in [3.05, 3.63) is 152 Å². The molecule has 0 amide bonds. The maximum absolute atomic E-state index is 11.1. The van der Waals surface area contributed by atoms with Gasteiger partial charge in [0.1, 0.15) is 23.0 Å². The van der Waals surface area contributed by atoms with Gasteiger partial charge in [0, 0.05) is 18.3 Å². The van der Waals surface area contributed by atoms with Gasteiger partial charge in [-0.2, -0.15) is 0 Å². The van der Waals surface area contributed by atoms with Crippen molar-refractivity contribution in [3.63, 3.8) is 0 Å². The first-order valence-corrected chi connectivity index (χ1v) is 14.3. The van der Waals surface area contributed by atoms with Crippen LogP contribution >= 0.6 is 0 Å². The standard InChI is InChI=1S/C38H38O4/c1-23-11-13-34(39)27(15-23)19-29-21-32(17-25(3)36(29)41)38(5,31-9-7-6-8-10-31)33-18-26(4)37(42)30(22-33)20-28-16-24(2)12-14-35(28)40/h6-18,21-22,39-42H,19-20H2,1-5H3. The smallest absolute Gasteiger partial charge is 0.122 e. The van der Waals surface area contributed by atoms with Crippen molar-refractivity contribution in [1.82, 2.24) is 0 Å². The van der Waals surface area contributed by atoms with E-state index in [1.807, 2.05) is 94.4 Å². The second kappa shape index (κ2) is 11.3. The lowest BCUT2D eigenvalue weighted by Gasteiger charge is -2.34. The maximum atomic E-state index is 11.1. The van der Waals surface area contributed by atoms with Crippen LogP contribution in [0.4, 0.5) is 0 Å². The summed E-state index contributed by atoms with van der Waals surface area (Å²) in [4.78, 5) is 0. The summed E-state index contributed by atoms with van der Waals surface area (Å²) in [5.74, 6) is 0.833. The van der Waals surface area contributed by atoms with Gasteiger partial charge in [0.2, 0.25) is 0 Å². The van der Waals surface area contributed by atoms with Gasteiger partial charge in [-0.25, -0.2) is 0 Å². The lowest BCUT2D eigenvalue weighted by atomic mass is 9.69. The van der Waals surface area contributed by atoms with Gasteiger partial charge in [-0.05, 0) is 96.8 Å². The average Bonchev–Trinajstić information content (AvgIpc) is 2.97. The number of phenolic OH excluding ortho intramolecular Hbond substituents is 4. The van der Waals surface area contributed by atoms with Crippen molar-refractivity contribution in [2.75, 3.05) is 0 Å². The highest BCUT2D eigenvalue weighted by atomic mass is 16.3. The topological polar surface area (TPSA) is 80.9 Å². The molecule has 0 heterocycles. The highest BCUT2D eigenvalue weighted by Gasteiger charge is 2.33. The fraction of sp³-hybridized carbons (Fsp3) is 0.211. The van der Waals surface area contributed by atoms with Gasteiger partial charge >= 0.3 is 0 Å². The Morgan fingerprint density at radius 1 is 0.476 bits per heavy atom. The van der Waals surface area contributed by atoms with Crippen molar-refractivity contribution < 1.29 is 20.4 Å². The van der Waals surface area contributed by atoms with Crippen molar-refractivity contribution >= 4 is 0 Å². The van der Waals surface area contributed by atoms with E-state index in [9.17, 15) is 20.4 Å². The number of phenols is 4.